The van der Waals surface area contributed by atoms with Crippen LogP contribution in [0, 0.1) is 12.7 Å². The van der Waals surface area contributed by atoms with Crippen LogP contribution in [-0.4, -0.2) is 11.6 Å². The molecule has 0 saturated heterocycles. The van der Waals surface area contributed by atoms with Crippen molar-refractivity contribution < 1.29 is 18.4 Å². The molecule has 4 rings (SSSR count). The number of fused-ring (bicyclic) bond motifs is 3. The van der Waals surface area contributed by atoms with E-state index >= 15 is 0 Å². The standard InChI is InChI=1S/C20H14FNO3/c1-11-16(10-22-13-6-4-5-12(21)9-13)25-20-15-8-3-2-7-14(15)18(23)19(24)17(11)20/h2-9,22H,10H2,1H3. The van der Waals surface area contributed by atoms with Gasteiger partial charge in [-0.1, -0.05) is 30.3 Å². The van der Waals surface area contributed by atoms with Crippen molar-refractivity contribution in [1.29, 1.82) is 0 Å². The molecule has 0 fully saturated rings. The van der Waals surface area contributed by atoms with Crippen LogP contribution in [0.15, 0.2) is 52.9 Å². The third-order valence-electron chi connectivity index (χ3n) is 4.37. The second kappa shape index (κ2) is 5.70. The van der Waals surface area contributed by atoms with Gasteiger partial charge in [0, 0.05) is 22.4 Å². The highest BCUT2D eigenvalue weighted by Crippen LogP contribution is 2.38. The maximum absolute atomic E-state index is 13.3. The second-order valence-corrected chi connectivity index (χ2v) is 5.92. The Bertz CT molecular complexity index is 1020. The molecule has 2 aromatic carbocycles. The lowest BCUT2D eigenvalue weighted by Gasteiger charge is -2.12. The number of anilines is 1. The molecule has 4 nitrogen and oxygen atoms in total. The van der Waals surface area contributed by atoms with E-state index in [0.29, 0.717) is 39.5 Å². The zero-order chi connectivity index (χ0) is 17.6. The molecular formula is C20H14FNO3. The van der Waals surface area contributed by atoms with Crippen molar-refractivity contribution in [1.82, 2.24) is 0 Å². The van der Waals surface area contributed by atoms with Crippen LogP contribution in [-0.2, 0) is 6.54 Å². The third kappa shape index (κ3) is 2.45. The normalized spacial score (nSPS) is 12.7. The van der Waals surface area contributed by atoms with Gasteiger partial charge in [-0.15, -0.1) is 0 Å². The van der Waals surface area contributed by atoms with Crippen molar-refractivity contribution in [2.45, 2.75) is 13.5 Å². The van der Waals surface area contributed by atoms with Gasteiger partial charge in [0.25, 0.3) is 0 Å². The number of ketones is 2. The van der Waals surface area contributed by atoms with Gasteiger partial charge >= 0.3 is 0 Å². The smallest absolute Gasteiger partial charge is 0.237 e. The van der Waals surface area contributed by atoms with Crippen LogP contribution in [0.1, 0.15) is 32.0 Å². The quantitative estimate of drug-likeness (QED) is 0.721. The lowest BCUT2D eigenvalue weighted by atomic mass is 9.87. The number of hydrogen-bond acceptors (Lipinski definition) is 4. The van der Waals surface area contributed by atoms with E-state index in [1.165, 1.54) is 12.1 Å². The lowest BCUT2D eigenvalue weighted by Crippen LogP contribution is -2.20. The summed E-state index contributed by atoms with van der Waals surface area (Å²) in [7, 11) is 0. The number of Topliss-reactive ketones (excluding diaryl/α,β-unsaturated/α-hetero) is 2. The van der Waals surface area contributed by atoms with Crippen LogP contribution < -0.4 is 5.32 Å². The zero-order valence-corrected chi connectivity index (χ0v) is 13.4. The molecule has 25 heavy (non-hydrogen) atoms. The Balaban J connectivity index is 1.73. The van der Waals surface area contributed by atoms with Gasteiger partial charge < -0.3 is 9.73 Å². The predicted molar refractivity (Wildman–Crippen MR) is 91.3 cm³/mol. The zero-order valence-electron chi connectivity index (χ0n) is 13.4. The van der Waals surface area contributed by atoms with Gasteiger partial charge in [0.2, 0.25) is 11.6 Å². The van der Waals surface area contributed by atoms with Crippen LogP contribution in [0.5, 0.6) is 0 Å². The Kier molecular flexibility index (Phi) is 3.50. The van der Waals surface area contributed by atoms with Crippen molar-refractivity contribution in [2.24, 2.45) is 0 Å². The Morgan fingerprint density at radius 3 is 2.52 bits per heavy atom. The molecule has 0 amide bonds. The topological polar surface area (TPSA) is 59.3 Å². The summed E-state index contributed by atoms with van der Waals surface area (Å²) in [5.74, 6) is -0.431. The van der Waals surface area contributed by atoms with E-state index in [-0.39, 0.29) is 12.4 Å². The van der Waals surface area contributed by atoms with Gasteiger partial charge in [-0.2, -0.15) is 0 Å². The van der Waals surface area contributed by atoms with Crippen molar-refractivity contribution >= 4 is 17.3 Å². The number of rotatable bonds is 3. The molecule has 0 unspecified atom stereocenters. The Morgan fingerprint density at radius 1 is 1.00 bits per heavy atom. The molecule has 5 heteroatoms. The minimum atomic E-state index is -0.549. The van der Waals surface area contributed by atoms with Gasteiger partial charge in [0.05, 0.1) is 12.1 Å². The highest BCUT2D eigenvalue weighted by Gasteiger charge is 2.35. The maximum Gasteiger partial charge on any atom is 0.237 e. The molecule has 3 aromatic rings. The summed E-state index contributed by atoms with van der Waals surface area (Å²) in [5, 5.41) is 3.07. The number of nitrogens with one attached hydrogen (secondary N) is 1. The van der Waals surface area contributed by atoms with Crippen molar-refractivity contribution in [3.05, 3.63) is 76.8 Å². The monoisotopic (exact) mass is 335 g/mol. The molecule has 1 aromatic heterocycles. The highest BCUT2D eigenvalue weighted by molar-refractivity contribution is 6.53. The van der Waals surface area contributed by atoms with Crippen LogP contribution in [0.2, 0.25) is 0 Å². The molecule has 0 aliphatic heterocycles. The summed E-state index contributed by atoms with van der Waals surface area (Å²) >= 11 is 0. The number of furan rings is 1. The minimum Gasteiger partial charge on any atom is -0.458 e. The Hall–Kier alpha value is -3.21. The third-order valence-corrected chi connectivity index (χ3v) is 4.37. The molecule has 0 saturated carbocycles. The van der Waals surface area contributed by atoms with E-state index in [0.717, 1.165) is 0 Å². The van der Waals surface area contributed by atoms with E-state index in [9.17, 15) is 14.0 Å². The number of hydrogen-bond donors (Lipinski definition) is 1. The molecule has 1 aliphatic rings. The molecule has 1 heterocycles. The van der Waals surface area contributed by atoms with Gasteiger partial charge in [-0.25, -0.2) is 4.39 Å². The first-order chi connectivity index (χ1) is 12.1. The van der Waals surface area contributed by atoms with E-state index < -0.39 is 11.6 Å². The fraction of sp³-hybridized carbons (Fsp3) is 0.100. The number of benzene rings is 2. The molecule has 0 bridgehead atoms. The van der Waals surface area contributed by atoms with Gasteiger partial charge in [-0.05, 0) is 25.1 Å². The summed E-state index contributed by atoms with van der Waals surface area (Å²) in [4.78, 5) is 24.8. The fourth-order valence-corrected chi connectivity index (χ4v) is 3.09. The first-order valence-corrected chi connectivity index (χ1v) is 7.86. The number of halogens is 1. The number of carbonyl (C=O) groups is 2. The van der Waals surface area contributed by atoms with E-state index in [1.54, 1.807) is 43.3 Å². The number of carbonyl (C=O) groups excluding carboxylic acids is 2. The average Bonchev–Trinajstić information content (AvgIpc) is 2.95. The average molecular weight is 335 g/mol. The molecule has 0 radical (unpaired) electrons. The van der Waals surface area contributed by atoms with Crippen LogP contribution in [0.4, 0.5) is 10.1 Å². The minimum absolute atomic E-state index is 0.284. The summed E-state index contributed by atoms with van der Waals surface area (Å²) in [5.41, 5.74) is 2.55. The first-order valence-electron chi connectivity index (χ1n) is 7.86. The summed E-state index contributed by atoms with van der Waals surface area (Å²) in [6, 6.07) is 13.0. The lowest BCUT2D eigenvalue weighted by molar-refractivity contribution is 0.0814. The van der Waals surface area contributed by atoms with Crippen molar-refractivity contribution in [3.8, 4) is 11.3 Å². The Labute approximate surface area is 143 Å². The maximum atomic E-state index is 13.3. The van der Waals surface area contributed by atoms with Gasteiger partial charge in [0.1, 0.15) is 17.3 Å². The van der Waals surface area contributed by atoms with Crippen LogP contribution in [0.3, 0.4) is 0 Å². The van der Waals surface area contributed by atoms with Gasteiger partial charge in [-0.3, -0.25) is 9.59 Å². The van der Waals surface area contributed by atoms with E-state index in [1.807, 2.05) is 0 Å². The molecule has 0 atom stereocenters. The molecular weight excluding hydrogens is 321 g/mol. The second-order valence-electron chi connectivity index (χ2n) is 5.92. The van der Waals surface area contributed by atoms with Crippen LogP contribution >= 0.6 is 0 Å². The summed E-state index contributed by atoms with van der Waals surface area (Å²) in [6.07, 6.45) is 0. The van der Waals surface area contributed by atoms with Crippen LogP contribution in [0.25, 0.3) is 11.3 Å². The molecule has 1 N–H and O–H groups in total. The van der Waals surface area contributed by atoms with Gasteiger partial charge in [0.15, 0.2) is 0 Å². The fourth-order valence-electron chi connectivity index (χ4n) is 3.09. The molecule has 124 valence electrons. The highest BCUT2D eigenvalue weighted by atomic mass is 19.1. The largest absolute Gasteiger partial charge is 0.458 e. The van der Waals surface area contributed by atoms with E-state index in [4.69, 9.17) is 4.42 Å². The molecule has 1 aliphatic carbocycles. The Morgan fingerprint density at radius 2 is 1.76 bits per heavy atom. The summed E-state index contributed by atoms with van der Waals surface area (Å²) in [6.45, 7) is 2.04. The SMILES string of the molecule is Cc1c(CNc2cccc(F)c2)oc2c1C(=O)C(=O)c1ccccc1-2. The van der Waals surface area contributed by atoms with Crippen molar-refractivity contribution in [2.75, 3.05) is 5.32 Å². The first kappa shape index (κ1) is 15.3. The van der Waals surface area contributed by atoms with Crippen molar-refractivity contribution in [3.63, 3.8) is 0 Å². The predicted octanol–water partition coefficient (Wildman–Crippen LogP) is 4.39. The molecule has 0 spiro atoms. The van der Waals surface area contributed by atoms with E-state index in [2.05, 4.69) is 5.32 Å². The summed E-state index contributed by atoms with van der Waals surface area (Å²) < 4.78 is 19.2.